The third-order valence-corrected chi connectivity index (χ3v) is 3.19. The van der Waals surface area contributed by atoms with Crippen molar-refractivity contribution in [3.05, 3.63) is 0 Å². The smallest absolute Gasteiger partial charge is 0.274 e. The van der Waals surface area contributed by atoms with E-state index >= 15 is 0 Å². The van der Waals surface area contributed by atoms with Gasteiger partial charge in [-0.3, -0.25) is 0 Å². The summed E-state index contributed by atoms with van der Waals surface area (Å²) >= 11 is 0. The van der Waals surface area contributed by atoms with Crippen LogP contribution in [0.5, 0.6) is 0 Å². The molecule has 0 aromatic heterocycles. The molecule has 0 saturated heterocycles. The molecule has 4 N–H and O–H groups in total. The van der Waals surface area contributed by atoms with Crippen LogP contribution in [0.3, 0.4) is 0 Å². The topological polar surface area (TPSA) is 92.4 Å². The van der Waals surface area contributed by atoms with Crippen LogP contribution in [-0.4, -0.2) is 26.7 Å². The zero-order valence-electron chi connectivity index (χ0n) is 7.49. The minimum Gasteiger partial charge on any atom is -0.396 e. The minimum atomic E-state index is -3.62. The Balaban J connectivity index is 2.50. The normalized spacial score (nSPS) is 22.0. The average Bonchev–Trinajstić information content (AvgIpc) is 2.49. The largest absolute Gasteiger partial charge is 0.396 e. The molecule has 78 valence electrons. The van der Waals surface area contributed by atoms with Gasteiger partial charge in [0.05, 0.1) is 0 Å². The number of nitrogens with one attached hydrogen (secondary N) is 1. The summed E-state index contributed by atoms with van der Waals surface area (Å²) < 4.78 is 23.5. The van der Waals surface area contributed by atoms with Crippen molar-refractivity contribution in [3.8, 4) is 0 Å². The summed E-state index contributed by atoms with van der Waals surface area (Å²) in [6.45, 7) is 0.276. The molecule has 0 amide bonds. The summed E-state index contributed by atoms with van der Waals surface area (Å²) in [5, 5.41) is 13.9. The van der Waals surface area contributed by atoms with Crippen molar-refractivity contribution >= 4 is 10.2 Å². The molecule has 1 aliphatic rings. The number of rotatable bonds is 4. The van der Waals surface area contributed by atoms with Gasteiger partial charge >= 0.3 is 0 Å². The molecule has 0 unspecified atom stereocenters. The van der Waals surface area contributed by atoms with E-state index in [2.05, 4.69) is 4.72 Å². The predicted octanol–water partition coefficient (Wildman–Crippen LogP) is -0.668. The first-order valence-electron chi connectivity index (χ1n) is 4.36. The molecule has 0 bridgehead atoms. The molecular formula is C7H16N2O3S. The van der Waals surface area contributed by atoms with E-state index in [9.17, 15) is 8.42 Å². The van der Waals surface area contributed by atoms with Crippen molar-refractivity contribution in [2.24, 2.45) is 10.6 Å². The number of aliphatic hydroxyl groups excluding tert-OH is 1. The predicted molar refractivity (Wildman–Crippen MR) is 49.1 cm³/mol. The zero-order chi connectivity index (χ0) is 9.95. The van der Waals surface area contributed by atoms with Crippen LogP contribution in [0.2, 0.25) is 0 Å². The van der Waals surface area contributed by atoms with Crippen LogP contribution in [0.1, 0.15) is 25.7 Å². The second-order valence-corrected chi connectivity index (χ2v) is 5.11. The monoisotopic (exact) mass is 208 g/mol. The molecule has 1 saturated carbocycles. The third-order valence-electron chi connectivity index (χ3n) is 2.65. The van der Waals surface area contributed by atoms with Crippen LogP contribution < -0.4 is 9.86 Å². The number of nitrogens with two attached hydrogens (primary N) is 1. The molecule has 0 radical (unpaired) electrons. The molecule has 0 aromatic carbocycles. The molecule has 5 nitrogen and oxygen atoms in total. The van der Waals surface area contributed by atoms with Gasteiger partial charge in [-0.1, -0.05) is 12.8 Å². The third kappa shape index (κ3) is 3.22. The van der Waals surface area contributed by atoms with E-state index in [1.54, 1.807) is 0 Å². The van der Waals surface area contributed by atoms with Gasteiger partial charge in [-0.2, -0.15) is 8.42 Å². The Bertz CT molecular complexity index is 257. The molecule has 13 heavy (non-hydrogen) atoms. The highest BCUT2D eigenvalue weighted by atomic mass is 32.2. The van der Waals surface area contributed by atoms with Crippen molar-refractivity contribution in [3.63, 3.8) is 0 Å². The van der Waals surface area contributed by atoms with Gasteiger partial charge in [-0.25, -0.2) is 9.86 Å². The fourth-order valence-electron chi connectivity index (χ4n) is 1.77. The Morgan fingerprint density at radius 2 is 1.92 bits per heavy atom. The Kier molecular flexibility index (Phi) is 3.28. The standard InChI is InChI=1S/C7H16N2O3S/c8-13(11,12)9-5-7(6-10)3-1-2-4-7/h9-10H,1-6H2,(H2,8,11,12). The first-order chi connectivity index (χ1) is 5.97. The van der Waals surface area contributed by atoms with Gasteiger partial charge in [0.15, 0.2) is 0 Å². The second kappa shape index (κ2) is 3.91. The van der Waals surface area contributed by atoms with Crippen molar-refractivity contribution in [2.45, 2.75) is 25.7 Å². The summed E-state index contributed by atoms with van der Waals surface area (Å²) in [6, 6.07) is 0. The van der Waals surface area contributed by atoms with Crippen LogP contribution in [0.15, 0.2) is 0 Å². The van der Waals surface area contributed by atoms with Gasteiger partial charge in [-0.15, -0.1) is 0 Å². The van der Waals surface area contributed by atoms with Crippen molar-refractivity contribution in [1.82, 2.24) is 4.72 Å². The summed E-state index contributed by atoms with van der Waals surface area (Å²) in [6.07, 6.45) is 3.83. The van der Waals surface area contributed by atoms with Crippen LogP contribution in [0.4, 0.5) is 0 Å². The molecular weight excluding hydrogens is 192 g/mol. The van der Waals surface area contributed by atoms with E-state index in [1.165, 1.54) is 0 Å². The Hall–Kier alpha value is -0.170. The van der Waals surface area contributed by atoms with Gasteiger partial charge in [0.25, 0.3) is 10.2 Å². The van der Waals surface area contributed by atoms with E-state index in [0.29, 0.717) is 0 Å². The lowest BCUT2D eigenvalue weighted by atomic mass is 9.88. The van der Waals surface area contributed by atoms with Gasteiger partial charge < -0.3 is 5.11 Å². The van der Waals surface area contributed by atoms with E-state index in [4.69, 9.17) is 10.2 Å². The molecule has 0 spiro atoms. The summed E-state index contributed by atoms with van der Waals surface area (Å²) in [4.78, 5) is 0. The lowest BCUT2D eigenvalue weighted by Gasteiger charge is -2.25. The average molecular weight is 208 g/mol. The summed E-state index contributed by atoms with van der Waals surface area (Å²) in [5.41, 5.74) is -0.271. The van der Waals surface area contributed by atoms with Crippen LogP contribution in [0.25, 0.3) is 0 Å². The first kappa shape index (κ1) is 10.9. The minimum absolute atomic E-state index is 0.0233. The molecule has 6 heteroatoms. The van der Waals surface area contributed by atoms with Crippen molar-refractivity contribution in [2.75, 3.05) is 13.2 Å². The first-order valence-corrected chi connectivity index (χ1v) is 5.90. The fourth-order valence-corrected chi connectivity index (χ4v) is 2.28. The van der Waals surface area contributed by atoms with Crippen LogP contribution in [0, 0.1) is 5.41 Å². The van der Waals surface area contributed by atoms with Gasteiger partial charge in [0.2, 0.25) is 0 Å². The highest BCUT2D eigenvalue weighted by molar-refractivity contribution is 7.87. The maximum Gasteiger partial charge on any atom is 0.274 e. The summed E-state index contributed by atoms with van der Waals surface area (Å²) in [7, 11) is -3.62. The highest BCUT2D eigenvalue weighted by Crippen LogP contribution is 2.36. The van der Waals surface area contributed by atoms with E-state index < -0.39 is 10.2 Å². The molecule has 0 atom stereocenters. The van der Waals surface area contributed by atoms with Crippen molar-refractivity contribution in [1.29, 1.82) is 0 Å². The molecule has 1 aliphatic carbocycles. The Labute approximate surface area is 78.5 Å². The Morgan fingerprint density at radius 1 is 1.38 bits per heavy atom. The molecule has 0 aromatic rings. The molecule has 1 rings (SSSR count). The maximum absolute atomic E-state index is 10.6. The van der Waals surface area contributed by atoms with Gasteiger partial charge in [0, 0.05) is 18.6 Å². The fraction of sp³-hybridized carbons (Fsp3) is 1.00. The van der Waals surface area contributed by atoms with Gasteiger partial charge in [0.1, 0.15) is 0 Å². The van der Waals surface area contributed by atoms with Gasteiger partial charge in [-0.05, 0) is 12.8 Å². The number of hydrogen-bond donors (Lipinski definition) is 3. The summed E-state index contributed by atoms with van der Waals surface area (Å²) in [5.74, 6) is 0. The quantitative estimate of drug-likeness (QED) is 0.572. The van der Waals surface area contributed by atoms with E-state index in [0.717, 1.165) is 25.7 Å². The van der Waals surface area contributed by atoms with E-state index in [-0.39, 0.29) is 18.6 Å². The number of hydrogen-bond acceptors (Lipinski definition) is 3. The van der Waals surface area contributed by atoms with Crippen molar-refractivity contribution < 1.29 is 13.5 Å². The molecule has 0 heterocycles. The van der Waals surface area contributed by atoms with E-state index in [1.807, 2.05) is 0 Å². The zero-order valence-corrected chi connectivity index (χ0v) is 8.31. The second-order valence-electron chi connectivity index (χ2n) is 3.73. The van der Waals surface area contributed by atoms with Crippen LogP contribution >= 0.6 is 0 Å². The SMILES string of the molecule is NS(=O)(=O)NCC1(CO)CCCC1. The maximum atomic E-state index is 10.6. The molecule has 0 aliphatic heterocycles. The molecule has 1 fully saturated rings. The Morgan fingerprint density at radius 3 is 2.31 bits per heavy atom. The highest BCUT2D eigenvalue weighted by Gasteiger charge is 2.33. The van der Waals surface area contributed by atoms with Crippen LogP contribution in [-0.2, 0) is 10.2 Å². The lowest BCUT2D eigenvalue weighted by Crippen LogP contribution is -2.41. The lowest BCUT2D eigenvalue weighted by molar-refractivity contribution is 0.134. The number of aliphatic hydroxyl groups is 1.